The SMILES string of the molecule is CN(C)c1ccc(-c2cc[n+](-c3nc4ccccc4nc3NS(=O)(=O)c3cccc([N+](=O)[O-])c3)cc2)cc1. The molecule has 0 aliphatic carbocycles. The maximum Gasteiger partial charge on any atom is 0.372 e. The number of para-hydroxylation sites is 2. The van der Waals surface area contributed by atoms with Gasteiger partial charge in [-0.2, -0.15) is 0 Å². The molecule has 0 amide bonds. The van der Waals surface area contributed by atoms with Crippen LogP contribution in [0.15, 0.2) is 102 Å². The summed E-state index contributed by atoms with van der Waals surface area (Å²) in [6.45, 7) is 0. The van der Waals surface area contributed by atoms with E-state index in [9.17, 15) is 18.5 Å². The molecule has 3 aromatic carbocycles. The normalized spacial score (nSPS) is 11.3. The van der Waals surface area contributed by atoms with Gasteiger partial charge in [0.05, 0.1) is 22.2 Å². The fourth-order valence-corrected chi connectivity index (χ4v) is 4.94. The number of nitro groups is 1. The van der Waals surface area contributed by atoms with Crippen LogP contribution in [-0.4, -0.2) is 37.4 Å². The summed E-state index contributed by atoms with van der Waals surface area (Å²) in [4.78, 5) is 21.5. The molecule has 0 unspecified atom stereocenters. The molecule has 190 valence electrons. The lowest BCUT2D eigenvalue weighted by Gasteiger charge is -2.12. The van der Waals surface area contributed by atoms with E-state index in [-0.39, 0.29) is 22.2 Å². The van der Waals surface area contributed by atoms with E-state index in [1.807, 2.05) is 61.5 Å². The molecule has 0 aliphatic heterocycles. The predicted molar refractivity (Wildman–Crippen MR) is 145 cm³/mol. The van der Waals surface area contributed by atoms with Gasteiger partial charge >= 0.3 is 5.82 Å². The zero-order valence-electron chi connectivity index (χ0n) is 20.5. The minimum atomic E-state index is -4.21. The molecule has 2 aromatic heterocycles. The Labute approximate surface area is 219 Å². The molecule has 0 radical (unpaired) electrons. The quantitative estimate of drug-likeness (QED) is 0.190. The molecule has 2 heterocycles. The Bertz CT molecular complexity index is 1760. The van der Waals surface area contributed by atoms with Crippen LogP contribution in [0.25, 0.3) is 28.0 Å². The highest BCUT2D eigenvalue weighted by Gasteiger charge is 2.26. The van der Waals surface area contributed by atoms with Crippen molar-refractivity contribution in [2.75, 3.05) is 23.7 Å². The number of nitrogens with one attached hydrogen (secondary N) is 1. The second-order valence-corrected chi connectivity index (χ2v) is 10.4. The monoisotopic (exact) mass is 527 g/mol. The van der Waals surface area contributed by atoms with Crippen molar-refractivity contribution in [1.82, 2.24) is 9.97 Å². The Morgan fingerprint density at radius 2 is 1.47 bits per heavy atom. The van der Waals surface area contributed by atoms with Gasteiger partial charge in [-0.25, -0.2) is 18.0 Å². The van der Waals surface area contributed by atoms with Crippen molar-refractivity contribution in [1.29, 1.82) is 0 Å². The van der Waals surface area contributed by atoms with Crippen LogP contribution in [0.4, 0.5) is 17.2 Å². The molecule has 0 saturated heterocycles. The Morgan fingerprint density at radius 1 is 0.842 bits per heavy atom. The van der Waals surface area contributed by atoms with E-state index in [1.165, 1.54) is 18.2 Å². The van der Waals surface area contributed by atoms with E-state index in [4.69, 9.17) is 0 Å². The summed E-state index contributed by atoms with van der Waals surface area (Å²) >= 11 is 0. The Kier molecular flexibility index (Phi) is 6.43. The van der Waals surface area contributed by atoms with Crippen molar-refractivity contribution in [3.8, 4) is 16.9 Å². The minimum absolute atomic E-state index is 0.0108. The molecule has 5 aromatic rings. The van der Waals surface area contributed by atoms with Crippen LogP contribution in [0, 0.1) is 10.1 Å². The fourth-order valence-electron chi connectivity index (χ4n) is 3.90. The number of aromatic nitrogens is 3. The number of hydrogen-bond acceptors (Lipinski definition) is 7. The van der Waals surface area contributed by atoms with Gasteiger partial charge in [-0.1, -0.05) is 30.3 Å². The number of nitrogens with zero attached hydrogens (tertiary/aromatic N) is 5. The lowest BCUT2D eigenvalue weighted by molar-refractivity contribution is -0.598. The van der Waals surface area contributed by atoms with Gasteiger partial charge in [-0.3, -0.25) is 14.8 Å². The average molecular weight is 528 g/mol. The molecule has 11 heteroatoms. The summed E-state index contributed by atoms with van der Waals surface area (Å²) in [6.07, 6.45) is 3.55. The Hall–Kier alpha value is -4.90. The largest absolute Gasteiger partial charge is 0.378 e. The fraction of sp³-hybridized carbons (Fsp3) is 0.0741. The van der Waals surface area contributed by atoms with Crippen LogP contribution in [0.3, 0.4) is 0 Å². The number of non-ortho nitro benzene ring substituents is 1. The minimum Gasteiger partial charge on any atom is -0.378 e. The highest BCUT2D eigenvalue weighted by atomic mass is 32.2. The van der Waals surface area contributed by atoms with Crippen LogP contribution in [0.1, 0.15) is 0 Å². The van der Waals surface area contributed by atoms with Crippen molar-refractivity contribution >= 4 is 38.2 Å². The van der Waals surface area contributed by atoms with Gasteiger partial charge in [-0.15, -0.1) is 0 Å². The standard InChI is InChI=1S/C27H23N6O4S/c1-31(2)21-12-10-19(11-13-21)20-14-16-32(17-15-20)27-26(28-24-8-3-4-9-25(24)29-27)30-38(36,37)23-7-5-6-22(18-23)33(34)35/h3-18H,1-2H3,(H,28,30)/q+1. The van der Waals surface area contributed by atoms with Gasteiger partial charge < -0.3 is 4.90 Å². The highest BCUT2D eigenvalue weighted by molar-refractivity contribution is 7.92. The maximum absolute atomic E-state index is 13.2. The van der Waals surface area contributed by atoms with Gasteiger partial charge in [0.25, 0.3) is 15.7 Å². The summed E-state index contributed by atoms with van der Waals surface area (Å²) in [5.74, 6) is 0.246. The molecular weight excluding hydrogens is 504 g/mol. The number of pyridine rings is 1. The molecule has 0 aliphatic rings. The first-order valence-electron chi connectivity index (χ1n) is 11.5. The molecule has 0 atom stereocenters. The van der Waals surface area contributed by atoms with E-state index in [2.05, 4.69) is 14.7 Å². The Morgan fingerprint density at radius 3 is 2.11 bits per heavy atom. The van der Waals surface area contributed by atoms with Crippen molar-refractivity contribution < 1.29 is 17.9 Å². The number of sulfonamides is 1. The molecule has 0 bridgehead atoms. The van der Waals surface area contributed by atoms with Gasteiger partial charge in [0.1, 0.15) is 5.52 Å². The first-order chi connectivity index (χ1) is 18.2. The third kappa shape index (κ3) is 5.00. The highest BCUT2D eigenvalue weighted by Crippen LogP contribution is 2.25. The van der Waals surface area contributed by atoms with Crippen molar-refractivity contribution in [2.24, 2.45) is 0 Å². The molecule has 0 saturated carbocycles. The maximum atomic E-state index is 13.2. The molecule has 38 heavy (non-hydrogen) atoms. The van der Waals surface area contributed by atoms with Crippen LogP contribution < -0.4 is 14.2 Å². The van der Waals surface area contributed by atoms with E-state index in [1.54, 1.807) is 35.2 Å². The van der Waals surface area contributed by atoms with Crippen LogP contribution in [0.5, 0.6) is 0 Å². The third-order valence-electron chi connectivity index (χ3n) is 5.91. The molecule has 0 spiro atoms. The lowest BCUT2D eigenvalue weighted by atomic mass is 10.1. The molecule has 10 nitrogen and oxygen atoms in total. The van der Waals surface area contributed by atoms with E-state index >= 15 is 0 Å². The van der Waals surface area contributed by atoms with Gasteiger partial charge in [0.2, 0.25) is 11.3 Å². The summed E-state index contributed by atoms with van der Waals surface area (Å²) in [7, 11) is -0.241. The Balaban J connectivity index is 1.55. The van der Waals surface area contributed by atoms with Crippen LogP contribution in [-0.2, 0) is 10.0 Å². The molecule has 0 fully saturated rings. The number of fused-ring (bicyclic) bond motifs is 1. The molecule has 1 N–H and O–H groups in total. The second kappa shape index (κ2) is 9.87. The summed E-state index contributed by atoms with van der Waals surface area (Å²) in [5, 5.41) is 11.2. The van der Waals surface area contributed by atoms with Crippen LogP contribution >= 0.6 is 0 Å². The topological polar surface area (TPSA) is 122 Å². The first-order valence-corrected chi connectivity index (χ1v) is 13.0. The van der Waals surface area contributed by atoms with Crippen molar-refractivity contribution in [2.45, 2.75) is 4.90 Å². The molecule has 5 rings (SSSR count). The van der Waals surface area contributed by atoms with E-state index < -0.39 is 14.9 Å². The number of anilines is 2. The number of benzene rings is 3. The van der Waals surface area contributed by atoms with Gasteiger partial charge in [0, 0.05) is 31.9 Å². The summed E-state index contributed by atoms with van der Waals surface area (Å²) < 4.78 is 30.5. The van der Waals surface area contributed by atoms with Crippen molar-refractivity contribution in [3.05, 3.63) is 107 Å². The van der Waals surface area contributed by atoms with Crippen molar-refractivity contribution in [3.63, 3.8) is 0 Å². The third-order valence-corrected chi connectivity index (χ3v) is 7.25. The van der Waals surface area contributed by atoms with Gasteiger partial charge in [0.15, 0.2) is 0 Å². The average Bonchev–Trinajstić information content (AvgIpc) is 2.93. The molecular formula is C27H23N6O4S+. The smallest absolute Gasteiger partial charge is 0.372 e. The first kappa shape index (κ1) is 24.8. The lowest BCUT2D eigenvalue weighted by Crippen LogP contribution is -2.33. The van der Waals surface area contributed by atoms with E-state index in [0.717, 1.165) is 22.9 Å². The van der Waals surface area contributed by atoms with Crippen LogP contribution in [0.2, 0.25) is 0 Å². The summed E-state index contributed by atoms with van der Waals surface area (Å²) in [5.41, 5.74) is 3.83. The zero-order chi connectivity index (χ0) is 26.9. The number of nitro benzene ring substituents is 1. The second-order valence-electron chi connectivity index (χ2n) is 8.68. The zero-order valence-corrected chi connectivity index (χ0v) is 21.3. The predicted octanol–water partition coefficient (Wildman–Crippen LogP) is 4.35. The van der Waals surface area contributed by atoms with Gasteiger partial charge in [-0.05, 0) is 58.6 Å². The number of rotatable bonds is 7. The summed E-state index contributed by atoms with van der Waals surface area (Å²) in [6, 6.07) is 23.9. The number of hydrogen-bond donors (Lipinski definition) is 1. The van der Waals surface area contributed by atoms with E-state index in [0.29, 0.717) is 11.0 Å².